The van der Waals surface area contributed by atoms with Crippen molar-refractivity contribution in [3.8, 4) is 0 Å². The Labute approximate surface area is 42.6 Å². The third-order valence-corrected chi connectivity index (χ3v) is 0. The fourth-order valence-electron chi connectivity index (χ4n) is 0. The molecule has 0 amide bonds. The summed E-state index contributed by atoms with van der Waals surface area (Å²) in [4.78, 5) is 0. The van der Waals surface area contributed by atoms with E-state index in [9.17, 15) is 0 Å². The summed E-state index contributed by atoms with van der Waals surface area (Å²) in [6, 6.07) is 1.28. The van der Waals surface area contributed by atoms with E-state index in [1.165, 1.54) is 6.04 Å². The number of hydrogen-bond acceptors (Lipinski definition) is 0. The van der Waals surface area contributed by atoms with Gasteiger partial charge in [0.15, 0.2) is 0 Å². The third kappa shape index (κ3) is 14.0. The predicted octanol–water partition coefficient (Wildman–Crippen LogP) is -2.94. The summed E-state index contributed by atoms with van der Waals surface area (Å²) in [5.41, 5.74) is 0. The molecule has 0 rings (SSSR count). The first-order valence-corrected chi connectivity index (χ1v) is 2.21. The summed E-state index contributed by atoms with van der Waals surface area (Å²) in [5, 5.41) is 0. The maximum atomic E-state index is 2.14. The minimum absolute atomic E-state index is 0. The minimum atomic E-state index is 0. The van der Waals surface area contributed by atoms with E-state index in [2.05, 4.69) is 6.92 Å². The van der Waals surface area contributed by atoms with E-state index in [-0.39, 0.29) is 18.9 Å². The molecule has 0 aromatic carbocycles. The molecule has 0 atom stereocenters. The first-order chi connectivity index (χ1) is 1.41. The van der Waals surface area contributed by atoms with E-state index >= 15 is 0 Å². The molecule has 0 spiro atoms. The minimum Gasteiger partial charge on any atom is -0.297 e. The van der Waals surface area contributed by atoms with Crippen molar-refractivity contribution in [2.45, 2.75) is 13.0 Å². The van der Waals surface area contributed by atoms with Crippen LogP contribution in [0.1, 0.15) is 6.92 Å². The van der Waals surface area contributed by atoms with Crippen molar-refractivity contribution < 1.29 is 18.9 Å². The number of rotatable bonds is 0. The maximum absolute atomic E-state index is 2.14. The monoisotopic (exact) mass is 66.0 g/mol. The van der Waals surface area contributed by atoms with Crippen molar-refractivity contribution in [2.24, 2.45) is 0 Å². The second kappa shape index (κ2) is 9.18. The molecule has 20 valence electrons. The average Bonchev–Trinajstić information content (AvgIpc) is 0.918. The van der Waals surface area contributed by atoms with Crippen molar-refractivity contribution in [1.82, 2.24) is 0 Å². The zero-order valence-corrected chi connectivity index (χ0v) is 4.83. The molecule has 0 N–H and O–H groups in total. The second-order valence-electron chi connectivity index (χ2n) is 0.500. The summed E-state index contributed by atoms with van der Waals surface area (Å²) >= 11 is 0. The van der Waals surface area contributed by atoms with Crippen LogP contribution in [0.4, 0.5) is 0 Å². The van der Waals surface area contributed by atoms with Crippen molar-refractivity contribution in [2.75, 3.05) is 0 Å². The van der Waals surface area contributed by atoms with E-state index in [0.717, 1.165) is 0 Å². The first-order valence-electron chi connectivity index (χ1n) is 1.21. The predicted molar refractivity (Wildman–Crippen MR) is 19.0 cm³/mol. The smallest absolute Gasteiger partial charge is 0.297 e. The molecular formula is C2H7LiSi. The Morgan fingerprint density at radius 2 is 1.75 bits per heavy atom. The van der Waals surface area contributed by atoms with Crippen LogP contribution in [-0.4, -0.2) is 10.2 Å². The SMILES string of the molecule is CC[SiH2-].[Li+]. The molecule has 0 aliphatic heterocycles. The average molecular weight is 66.1 g/mol. The van der Waals surface area contributed by atoms with Gasteiger partial charge in [-0.3, -0.25) is 10.2 Å². The Balaban J connectivity index is 0. The fourth-order valence-corrected chi connectivity index (χ4v) is 0. The summed E-state index contributed by atoms with van der Waals surface area (Å²) < 4.78 is 0. The van der Waals surface area contributed by atoms with Crippen LogP contribution in [0.3, 0.4) is 0 Å². The van der Waals surface area contributed by atoms with Crippen molar-refractivity contribution >= 4 is 10.2 Å². The van der Waals surface area contributed by atoms with Gasteiger partial charge in [0, 0.05) is 0 Å². The van der Waals surface area contributed by atoms with Crippen molar-refractivity contribution in [3.05, 3.63) is 0 Å². The first kappa shape index (κ1) is 8.84. The molecule has 0 nitrogen and oxygen atoms in total. The van der Waals surface area contributed by atoms with E-state index in [1.807, 2.05) is 10.2 Å². The van der Waals surface area contributed by atoms with Crippen LogP contribution < -0.4 is 18.9 Å². The van der Waals surface area contributed by atoms with Gasteiger partial charge in [-0.15, -0.1) is 0 Å². The summed E-state index contributed by atoms with van der Waals surface area (Å²) in [6.07, 6.45) is 0. The Morgan fingerprint density at radius 1 is 1.75 bits per heavy atom. The third-order valence-electron chi connectivity index (χ3n) is 0. The van der Waals surface area contributed by atoms with E-state index in [0.29, 0.717) is 0 Å². The second-order valence-corrected chi connectivity index (χ2v) is 1.50. The topological polar surface area (TPSA) is 0 Å². The van der Waals surface area contributed by atoms with Crippen molar-refractivity contribution in [1.29, 1.82) is 0 Å². The molecule has 0 aromatic heterocycles. The zero-order chi connectivity index (χ0) is 2.71. The molecule has 2 heteroatoms. The Hall–Kier alpha value is 0.814. The summed E-state index contributed by atoms with van der Waals surface area (Å²) in [7, 11) is 1.97. The summed E-state index contributed by atoms with van der Waals surface area (Å²) in [5.74, 6) is 0. The van der Waals surface area contributed by atoms with Crippen LogP contribution in [0.25, 0.3) is 0 Å². The van der Waals surface area contributed by atoms with E-state index in [1.54, 1.807) is 0 Å². The standard InChI is InChI=1S/C2H7Si.Li/c1-2-3;/h2-3H2,1H3;/q-1;+1. The summed E-state index contributed by atoms with van der Waals surface area (Å²) in [6.45, 7) is 2.14. The van der Waals surface area contributed by atoms with Crippen LogP contribution in [0.15, 0.2) is 0 Å². The Kier molecular flexibility index (Phi) is 20.3. The van der Waals surface area contributed by atoms with Crippen LogP contribution in [0.5, 0.6) is 0 Å². The molecule has 0 bridgehead atoms. The molecule has 0 aromatic rings. The molecule has 0 heterocycles. The van der Waals surface area contributed by atoms with Crippen LogP contribution in [0, 0.1) is 0 Å². The number of hydrogen-bond donors (Lipinski definition) is 0. The van der Waals surface area contributed by atoms with Gasteiger partial charge < -0.3 is 0 Å². The normalized spacial score (nSPS) is 4.50. The van der Waals surface area contributed by atoms with Crippen LogP contribution >= 0.6 is 0 Å². The van der Waals surface area contributed by atoms with Gasteiger partial charge >= 0.3 is 18.9 Å². The van der Waals surface area contributed by atoms with Gasteiger partial charge in [-0.1, -0.05) is 6.92 Å². The Bertz CT molecular complexity index is 6.00. The van der Waals surface area contributed by atoms with E-state index < -0.39 is 0 Å². The van der Waals surface area contributed by atoms with Gasteiger partial charge in [-0.25, -0.2) is 0 Å². The largest absolute Gasteiger partial charge is 1.00 e. The van der Waals surface area contributed by atoms with Gasteiger partial charge in [0.1, 0.15) is 0 Å². The molecule has 0 saturated carbocycles. The van der Waals surface area contributed by atoms with Gasteiger partial charge in [0.25, 0.3) is 0 Å². The fraction of sp³-hybridized carbons (Fsp3) is 1.00. The Morgan fingerprint density at radius 3 is 1.75 bits per heavy atom. The molecule has 0 aliphatic carbocycles. The van der Waals surface area contributed by atoms with Gasteiger partial charge in [-0.2, -0.15) is 6.04 Å². The van der Waals surface area contributed by atoms with Gasteiger partial charge in [0.05, 0.1) is 0 Å². The van der Waals surface area contributed by atoms with E-state index in [4.69, 9.17) is 0 Å². The molecule has 4 heavy (non-hydrogen) atoms. The zero-order valence-electron chi connectivity index (χ0n) is 3.41. The molecule has 0 aliphatic rings. The van der Waals surface area contributed by atoms with Gasteiger partial charge in [-0.05, 0) is 0 Å². The molecular weight excluding hydrogens is 59.0 g/mol. The molecule has 0 saturated heterocycles. The van der Waals surface area contributed by atoms with Gasteiger partial charge in [0.2, 0.25) is 0 Å². The van der Waals surface area contributed by atoms with Crippen LogP contribution in [0.2, 0.25) is 6.04 Å². The molecule has 0 radical (unpaired) electrons. The quantitative estimate of drug-likeness (QED) is 0.265. The maximum Gasteiger partial charge on any atom is 1.00 e. The van der Waals surface area contributed by atoms with Crippen molar-refractivity contribution in [3.63, 3.8) is 0 Å². The molecule has 0 fully saturated rings. The molecule has 0 unspecified atom stereocenters. The van der Waals surface area contributed by atoms with Crippen LogP contribution in [-0.2, 0) is 0 Å².